The van der Waals surface area contributed by atoms with Gasteiger partial charge in [-0.2, -0.15) is 0 Å². The van der Waals surface area contributed by atoms with Crippen LogP contribution in [0.25, 0.3) is 0 Å². The van der Waals surface area contributed by atoms with Crippen molar-refractivity contribution in [1.82, 2.24) is 9.80 Å². The van der Waals surface area contributed by atoms with E-state index in [1.807, 2.05) is 18.2 Å². The number of nitrogens with one attached hydrogen (secondary N) is 1. The number of benzene rings is 2. The van der Waals surface area contributed by atoms with E-state index in [9.17, 15) is 9.18 Å². The summed E-state index contributed by atoms with van der Waals surface area (Å²) in [5.74, 6) is 0.492. The van der Waals surface area contributed by atoms with Gasteiger partial charge in [0.05, 0.1) is 7.11 Å². The molecule has 0 bridgehead atoms. The molecule has 3 rings (SSSR count). The average molecular weight is 343 g/mol. The smallest absolute Gasteiger partial charge is 0.321 e. The average Bonchev–Trinajstić information content (AvgIpc) is 2.62. The molecule has 25 heavy (non-hydrogen) atoms. The molecule has 0 aliphatic carbocycles. The molecule has 0 spiro atoms. The highest BCUT2D eigenvalue weighted by atomic mass is 19.1. The Morgan fingerprint density at radius 2 is 1.88 bits per heavy atom. The van der Waals surface area contributed by atoms with Crippen molar-refractivity contribution in [2.45, 2.75) is 6.54 Å². The first-order chi connectivity index (χ1) is 12.1. The Hall–Kier alpha value is -2.60. The number of rotatable bonds is 4. The number of urea groups is 1. The van der Waals surface area contributed by atoms with E-state index in [0.717, 1.165) is 25.4 Å². The van der Waals surface area contributed by atoms with Gasteiger partial charge in [0, 0.05) is 38.4 Å². The Morgan fingerprint density at radius 3 is 2.60 bits per heavy atom. The third-order valence-corrected chi connectivity index (χ3v) is 4.28. The van der Waals surface area contributed by atoms with Gasteiger partial charge in [0.1, 0.15) is 11.6 Å². The van der Waals surface area contributed by atoms with Crippen LogP contribution >= 0.6 is 0 Å². The number of piperazine rings is 1. The first-order valence-corrected chi connectivity index (χ1v) is 8.31. The maximum atomic E-state index is 13.2. The van der Waals surface area contributed by atoms with Crippen LogP contribution in [0.5, 0.6) is 5.75 Å². The van der Waals surface area contributed by atoms with Crippen LogP contribution in [0, 0.1) is 5.82 Å². The van der Waals surface area contributed by atoms with Crippen molar-refractivity contribution in [1.29, 1.82) is 0 Å². The van der Waals surface area contributed by atoms with Gasteiger partial charge >= 0.3 is 6.03 Å². The lowest BCUT2D eigenvalue weighted by molar-refractivity contribution is 0.143. The second-order valence-electron chi connectivity index (χ2n) is 6.06. The summed E-state index contributed by atoms with van der Waals surface area (Å²) in [6.07, 6.45) is 0. The molecule has 1 aliphatic heterocycles. The minimum atomic E-state index is -0.360. The monoisotopic (exact) mass is 343 g/mol. The molecule has 0 unspecified atom stereocenters. The van der Waals surface area contributed by atoms with E-state index in [1.165, 1.54) is 17.7 Å². The van der Waals surface area contributed by atoms with E-state index < -0.39 is 0 Å². The second-order valence-corrected chi connectivity index (χ2v) is 6.06. The molecule has 1 saturated heterocycles. The maximum absolute atomic E-state index is 13.2. The Morgan fingerprint density at radius 1 is 1.12 bits per heavy atom. The molecule has 0 atom stereocenters. The SMILES string of the molecule is COc1cccc(CN2CCN(C(=O)Nc3cccc(F)c3)CC2)c1. The molecule has 5 nitrogen and oxygen atoms in total. The van der Waals surface area contributed by atoms with Crippen molar-refractivity contribution < 1.29 is 13.9 Å². The molecule has 1 heterocycles. The highest BCUT2D eigenvalue weighted by Crippen LogP contribution is 2.16. The Balaban J connectivity index is 1.50. The van der Waals surface area contributed by atoms with Gasteiger partial charge in [-0.3, -0.25) is 4.90 Å². The lowest BCUT2D eigenvalue weighted by Crippen LogP contribution is -2.49. The van der Waals surface area contributed by atoms with Gasteiger partial charge in [0.2, 0.25) is 0 Å². The van der Waals surface area contributed by atoms with Crippen LogP contribution in [0.3, 0.4) is 0 Å². The van der Waals surface area contributed by atoms with Gasteiger partial charge in [-0.15, -0.1) is 0 Å². The van der Waals surface area contributed by atoms with Gasteiger partial charge in [-0.25, -0.2) is 9.18 Å². The Kier molecular flexibility index (Phi) is 5.50. The molecule has 2 amide bonds. The zero-order valence-electron chi connectivity index (χ0n) is 14.2. The van der Waals surface area contributed by atoms with Gasteiger partial charge in [-0.05, 0) is 35.9 Å². The van der Waals surface area contributed by atoms with E-state index in [-0.39, 0.29) is 11.8 Å². The summed E-state index contributed by atoms with van der Waals surface area (Å²) in [5, 5.41) is 2.74. The number of carbonyl (C=O) groups is 1. The predicted molar refractivity (Wildman–Crippen MR) is 95.3 cm³/mol. The zero-order chi connectivity index (χ0) is 17.6. The highest BCUT2D eigenvalue weighted by molar-refractivity contribution is 5.89. The van der Waals surface area contributed by atoms with Crippen LogP contribution in [0.1, 0.15) is 5.56 Å². The highest BCUT2D eigenvalue weighted by Gasteiger charge is 2.21. The fourth-order valence-electron chi connectivity index (χ4n) is 2.91. The van der Waals surface area contributed by atoms with Gasteiger partial charge < -0.3 is 15.0 Å². The Bertz CT molecular complexity index is 730. The zero-order valence-corrected chi connectivity index (χ0v) is 14.2. The number of nitrogens with zero attached hydrogens (tertiary/aromatic N) is 2. The van der Waals surface area contributed by atoms with Crippen LogP contribution in [0.4, 0.5) is 14.9 Å². The normalized spacial score (nSPS) is 15.0. The minimum absolute atomic E-state index is 0.188. The predicted octanol–water partition coefficient (Wildman–Crippen LogP) is 3.18. The number of amides is 2. The molecule has 2 aromatic rings. The van der Waals surface area contributed by atoms with Crippen molar-refractivity contribution in [3.63, 3.8) is 0 Å². The fourth-order valence-corrected chi connectivity index (χ4v) is 2.91. The van der Waals surface area contributed by atoms with Crippen LogP contribution < -0.4 is 10.1 Å². The topological polar surface area (TPSA) is 44.8 Å². The second kappa shape index (κ2) is 7.98. The van der Waals surface area contributed by atoms with Crippen molar-refractivity contribution in [3.8, 4) is 5.75 Å². The molecule has 1 N–H and O–H groups in total. The number of carbonyl (C=O) groups excluding carboxylic acids is 1. The number of hydrogen-bond acceptors (Lipinski definition) is 3. The molecule has 6 heteroatoms. The fraction of sp³-hybridized carbons (Fsp3) is 0.316. The molecule has 1 aliphatic rings. The molecular weight excluding hydrogens is 321 g/mol. The van der Waals surface area contributed by atoms with Gasteiger partial charge in [0.15, 0.2) is 0 Å². The van der Waals surface area contributed by atoms with Crippen LogP contribution in [0.15, 0.2) is 48.5 Å². The third kappa shape index (κ3) is 4.70. The standard InChI is InChI=1S/C19H22FN3O2/c1-25-18-7-2-4-15(12-18)14-22-8-10-23(11-9-22)19(24)21-17-6-3-5-16(20)13-17/h2-7,12-13H,8-11,14H2,1H3,(H,21,24). The first-order valence-electron chi connectivity index (χ1n) is 8.31. The maximum Gasteiger partial charge on any atom is 0.321 e. The molecule has 132 valence electrons. The summed E-state index contributed by atoms with van der Waals surface area (Å²) in [6.45, 7) is 3.72. The number of methoxy groups -OCH3 is 1. The lowest BCUT2D eigenvalue weighted by atomic mass is 10.2. The summed E-state index contributed by atoms with van der Waals surface area (Å²) in [6, 6.07) is 13.8. The molecule has 2 aromatic carbocycles. The summed E-state index contributed by atoms with van der Waals surface area (Å²) in [7, 11) is 1.66. The van der Waals surface area contributed by atoms with Crippen molar-refractivity contribution >= 4 is 11.7 Å². The third-order valence-electron chi connectivity index (χ3n) is 4.28. The van der Waals surface area contributed by atoms with E-state index >= 15 is 0 Å². The quantitative estimate of drug-likeness (QED) is 0.927. The van der Waals surface area contributed by atoms with E-state index in [1.54, 1.807) is 24.1 Å². The van der Waals surface area contributed by atoms with Gasteiger partial charge in [-0.1, -0.05) is 18.2 Å². The number of anilines is 1. The molecular formula is C19H22FN3O2. The minimum Gasteiger partial charge on any atom is -0.497 e. The first kappa shape index (κ1) is 17.2. The van der Waals surface area contributed by atoms with Crippen LogP contribution in [0.2, 0.25) is 0 Å². The van der Waals surface area contributed by atoms with E-state index in [2.05, 4.69) is 16.3 Å². The van der Waals surface area contributed by atoms with Crippen molar-refractivity contribution in [2.75, 3.05) is 38.6 Å². The summed E-state index contributed by atoms with van der Waals surface area (Å²) in [5.41, 5.74) is 1.67. The van der Waals surface area contributed by atoms with Crippen LogP contribution in [-0.4, -0.2) is 49.1 Å². The summed E-state index contributed by atoms with van der Waals surface area (Å²) >= 11 is 0. The largest absolute Gasteiger partial charge is 0.497 e. The molecule has 0 aromatic heterocycles. The van der Waals surface area contributed by atoms with E-state index in [4.69, 9.17) is 4.74 Å². The van der Waals surface area contributed by atoms with E-state index in [0.29, 0.717) is 18.8 Å². The number of ether oxygens (including phenoxy) is 1. The number of halogens is 1. The van der Waals surface area contributed by atoms with Crippen molar-refractivity contribution in [2.24, 2.45) is 0 Å². The lowest BCUT2D eigenvalue weighted by Gasteiger charge is -2.34. The molecule has 0 radical (unpaired) electrons. The number of hydrogen-bond donors (Lipinski definition) is 1. The van der Waals surface area contributed by atoms with Crippen LogP contribution in [-0.2, 0) is 6.54 Å². The van der Waals surface area contributed by atoms with Gasteiger partial charge in [0.25, 0.3) is 0 Å². The molecule has 0 saturated carbocycles. The summed E-state index contributed by atoms with van der Waals surface area (Å²) < 4.78 is 18.4. The Labute approximate surface area is 147 Å². The van der Waals surface area contributed by atoms with Crippen molar-refractivity contribution in [3.05, 3.63) is 59.9 Å². The molecule has 1 fully saturated rings. The summed E-state index contributed by atoms with van der Waals surface area (Å²) in [4.78, 5) is 16.3.